The van der Waals surface area contributed by atoms with Crippen molar-refractivity contribution in [3.63, 3.8) is 0 Å². The molecule has 0 atom stereocenters. The molecule has 124 valence electrons. The van der Waals surface area contributed by atoms with Gasteiger partial charge in [-0.1, -0.05) is 23.5 Å². The van der Waals surface area contributed by atoms with Crippen LogP contribution in [0.2, 0.25) is 0 Å². The van der Waals surface area contributed by atoms with Crippen molar-refractivity contribution in [1.29, 1.82) is 0 Å². The predicted molar refractivity (Wildman–Crippen MR) is 100 cm³/mol. The molecular formula is C17H20N6S. The van der Waals surface area contributed by atoms with Crippen LogP contribution in [0, 0.1) is 6.92 Å². The zero-order chi connectivity index (χ0) is 16.5. The van der Waals surface area contributed by atoms with Crippen molar-refractivity contribution >= 4 is 44.0 Å². The second-order valence-electron chi connectivity index (χ2n) is 6.07. The first-order valence-corrected chi connectivity index (χ1v) is 9.02. The number of para-hydroxylation sites is 1. The van der Waals surface area contributed by atoms with Gasteiger partial charge in [-0.2, -0.15) is 0 Å². The van der Waals surface area contributed by atoms with Crippen molar-refractivity contribution in [3.8, 4) is 0 Å². The van der Waals surface area contributed by atoms with E-state index >= 15 is 0 Å². The van der Waals surface area contributed by atoms with E-state index in [4.69, 9.17) is 5.73 Å². The molecule has 0 amide bonds. The predicted octanol–water partition coefficient (Wildman–Crippen LogP) is 3.71. The van der Waals surface area contributed by atoms with Crippen molar-refractivity contribution in [2.24, 2.45) is 0 Å². The Bertz CT molecular complexity index is 869. The fourth-order valence-electron chi connectivity index (χ4n) is 3.08. The van der Waals surface area contributed by atoms with E-state index in [0.717, 1.165) is 34.3 Å². The van der Waals surface area contributed by atoms with Gasteiger partial charge in [-0.15, -0.1) is 0 Å². The zero-order valence-electron chi connectivity index (χ0n) is 13.6. The Hall–Kier alpha value is -2.41. The van der Waals surface area contributed by atoms with Crippen LogP contribution in [-0.2, 0) is 0 Å². The molecule has 0 aliphatic carbocycles. The highest BCUT2D eigenvalue weighted by Gasteiger charge is 2.18. The van der Waals surface area contributed by atoms with E-state index in [0.29, 0.717) is 11.5 Å². The minimum absolute atomic E-state index is 0.593. The summed E-state index contributed by atoms with van der Waals surface area (Å²) in [6.45, 7) is 4.07. The van der Waals surface area contributed by atoms with Crippen molar-refractivity contribution in [2.45, 2.75) is 26.2 Å². The number of aryl methyl sites for hydroxylation is 1. The van der Waals surface area contributed by atoms with Crippen molar-refractivity contribution in [2.75, 3.05) is 29.0 Å². The Morgan fingerprint density at radius 2 is 2.00 bits per heavy atom. The fraction of sp³-hybridized carbons (Fsp3) is 0.353. The first kappa shape index (κ1) is 15.1. The highest BCUT2D eigenvalue weighted by atomic mass is 32.1. The maximum absolute atomic E-state index is 6.33. The third-order valence-electron chi connectivity index (χ3n) is 4.36. The average molecular weight is 340 g/mol. The third-order valence-corrected chi connectivity index (χ3v) is 5.30. The van der Waals surface area contributed by atoms with Gasteiger partial charge in [0.05, 0.1) is 10.2 Å². The normalized spacial score (nSPS) is 15.0. The number of nitrogens with two attached hydrogens (primary N) is 1. The van der Waals surface area contributed by atoms with Crippen LogP contribution in [0.1, 0.15) is 24.8 Å². The summed E-state index contributed by atoms with van der Waals surface area (Å²) in [6.07, 6.45) is 5.21. The maximum atomic E-state index is 6.33. The minimum Gasteiger partial charge on any atom is -0.393 e. The number of nitrogens with zero attached hydrogens (tertiary/aromatic N) is 4. The number of hydrogen-bond donors (Lipinski definition) is 2. The van der Waals surface area contributed by atoms with Gasteiger partial charge in [0.2, 0.25) is 0 Å². The molecule has 3 aromatic rings. The molecule has 0 spiro atoms. The van der Waals surface area contributed by atoms with Crippen LogP contribution in [0.15, 0.2) is 24.5 Å². The number of nitrogens with one attached hydrogen (secondary N) is 1. The molecule has 0 saturated carbocycles. The average Bonchev–Trinajstić information content (AvgIpc) is 3.02. The molecule has 1 saturated heterocycles. The molecule has 1 aliphatic rings. The third kappa shape index (κ3) is 2.75. The second-order valence-corrected chi connectivity index (χ2v) is 7.10. The Morgan fingerprint density at radius 1 is 1.17 bits per heavy atom. The van der Waals surface area contributed by atoms with Gasteiger partial charge in [0, 0.05) is 13.1 Å². The number of hydrogen-bond acceptors (Lipinski definition) is 7. The van der Waals surface area contributed by atoms with Crippen molar-refractivity contribution < 1.29 is 0 Å². The molecule has 1 aromatic carbocycles. The van der Waals surface area contributed by atoms with E-state index < -0.39 is 0 Å². The van der Waals surface area contributed by atoms with Gasteiger partial charge in [0.25, 0.3) is 0 Å². The number of anilines is 4. The number of benzene rings is 1. The topological polar surface area (TPSA) is 80.0 Å². The molecule has 0 unspecified atom stereocenters. The molecule has 2 aromatic heterocycles. The first-order chi connectivity index (χ1) is 11.7. The lowest BCUT2D eigenvalue weighted by molar-refractivity contribution is 0.574. The number of rotatable bonds is 3. The largest absolute Gasteiger partial charge is 0.393 e. The summed E-state index contributed by atoms with van der Waals surface area (Å²) in [5.74, 6) is 1.45. The molecule has 0 bridgehead atoms. The summed E-state index contributed by atoms with van der Waals surface area (Å²) in [6, 6.07) is 6.19. The molecule has 3 heterocycles. The van der Waals surface area contributed by atoms with Crippen LogP contribution in [0.25, 0.3) is 10.2 Å². The van der Waals surface area contributed by atoms with E-state index in [1.165, 1.54) is 24.8 Å². The molecule has 1 aliphatic heterocycles. The number of piperidine rings is 1. The number of fused-ring (bicyclic) bond motifs is 1. The van der Waals surface area contributed by atoms with Crippen molar-refractivity contribution in [1.82, 2.24) is 15.0 Å². The summed E-state index contributed by atoms with van der Waals surface area (Å²) in [5.41, 5.74) is 9.12. The lowest BCUT2D eigenvalue weighted by Crippen LogP contribution is -2.31. The van der Waals surface area contributed by atoms with Crippen LogP contribution >= 0.6 is 11.3 Å². The monoisotopic (exact) mass is 340 g/mol. The van der Waals surface area contributed by atoms with Gasteiger partial charge < -0.3 is 16.0 Å². The van der Waals surface area contributed by atoms with Gasteiger partial charge in [-0.05, 0) is 37.8 Å². The Morgan fingerprint density at radius 3 is 2.79 bits per heavy atom. The summed E-state index contributed by atoms with van der Waals surface area (Å²) in [4.78, 5) is 15.6. The summed E-state index contributed by atoms with van der Waals surface area (Å²) >= 11 is 1.60. The molecular weight excluding hydrogens is 320 g/mol. The first-order valence-electron chi connectivity index (χ1n) is 8.21. The molecule has 3 N–H and O–H groups in total. The number of thiazole rings is 1. The fourth-order valence-corrected chi connectivity index (χ4v) is 4.03. The van der Waals surface area contributed by atoms with Gasteiger partial charge in [-0.3, -0.25) is 0 Å². The smallest absolute Gasteiger partial charge is 0.189 e. The van der Waals surface area contributed by atoms with Crippen LogP contribution < -0.4 is 16.0 Å². The highest BCUT2D eigenvalue weighted by Crippen LogP contribution is 2.33. The SMILES string of the molecule is Cc1cccc2sc(Nc3ncnc(N4CCCCC4)c3N)nc12. The van der Waals surface area contributed by atoms with Gasteiger partial charge in [0.1, 0.15) is 12.0 Å². The molecule has 6 nitrogen and oxygen atoms in total. The Kier molecular flexibility index (Phi) is 3.93. The van der Waals surface area contributed by atoms with Gasteiger partial charge >= 0.3 is 0 Å². The molecule has 0 radical (unpaired) electrons. The van der Waals surface area contributed by atoms with E-state index in [1.54, 1.807) is 17.7 Å². The summed E-state index contributed by atoms with van der Waals surface area (Å²) < 4.78 is 1.15. The standard InChI is InChI=1S/C17H20N6S/c1-11-6-5-7-12-14(11)21-17(24-12)22-15-13(18)16(20-10-19-15)23-8-3-2-4-9-23/h5-7,10H,2-4,8-9,18H2,1H3,(H,19,20,21,22). The van der Waals surface area contributed by atoms with Crippen LogP contribution in [-0.4, -0.2) is 28.0 Å². The summed E-state index contributed by atoms with van der Waals surface area (Å²) in [5, 5.41) is 4.07. The highest BCUT2D eigenvalue weighted by molar-refractivity contribution is 7.22. The Labute approximate surface area is 144 Å². The number of aromatic nitrogens is 3. The van der Waals surface area contributed by atoms with Crippen LogP contribution in [0.4, 0.5) is 22.5 Å². The lowest BCUT2D eigenvalue weighted by Gasteiger charge is -2.28. The maximum Gasteiger partial charge on any atom is 0.189 e. The van der Waals surface area contributed by atoms with Gasteiger partial charge in [-0.25, -0.2) is 15.0 Å². The summed E-state index contributed by atoms with van der Waals surface area (Å²) in [7, 11) is 0. The van der Waals surface area contributed by atoms with Crippen LogP contribution in [0.3, 0.4) is 0 Å². The minimum atomic E-state index is 0.593. The molecule has 1 fully saturated rings. The molecule has 24 heavy (non-hydrogen) atoms. The zero-order valence-corrected chi connectivity index (χ0v) is 14.4. The van der Waals surface area contributed by atoms with Gasteiger partial charge in [0.15, 0.2) is 16.8 Å². The van der Waals surface area contributed by atoms with Crippen molar-refractivity contribution in [3.05, 3.63) is 30.1 Å². The number of nitrogen functional groups attached to an aromatic ring is 1. The quantitative estimate of drug-likeness (QED) is 0.756. The molecule has 7 heteroatoms. The van der Waals surface area contributed by atoms with E-state index in [1.807, 2.05) is 6.07 Å². The molecule has 4 rings (SSSR count). The van der Waals surface area contributed by atoms with Crippen LogP contribution in [0.5, 0.6) is 0 Å². The van der Waals surface area contributed by atoms with E-state index in [2.05, 4.69) is 44.2 Å². The second kappa shape index (κ2) is 6.24. The van der Waals surface area contributed by atoms with E-state index in [-0.39, 0.29) is 0 Å². The lowest BCUT2D eigenvalue weighted by atomic mass is 10.1. The van der Waals surface area contributed by atoms with E-state index in [9.17, 15) is 0 Å². The Balaban J connectivity index is 1.65.